The molecular formula is C9H19N. The summed E-state index contributed by atoms with van der Waals surface area (Å²) in [4.78, 5) is 4.43. The highest BCUT2D eigenvalue weighted by Gasteiger charge is 1.95. The Hall–Kier alpha value is -0.330. The van der Waals surface area contributed by atoms with Gasteiger partial charge in [-0.15, -0.1) is 0 Å². The Balaban J connectivity index is 3.48. The van der Waals surface area contributed by atoms with Gasteiger partial charge in [0.15, 0.2) is 0 Å². The zero-order chi connectivity index (χ0) is 7.98. The molecule has 0 aliphatic heterocycles. The molecule has 0 aromatic carbocycles. The molecule has 1 nitrogen and oxygen atoms in total. The third kappa shape index (κ3) is 4.54. The maximum absolute atomic E-state index is 4.43. The van der Waals surface area contributed by atoms with Gasteiger partial charge in [-0.1, -0.05) is 27.2 Å². The highest BCUT2D eigenvalue weighted by Crippen LogP contribution is 1.97. The molecule has 0 aromatic rings. The van der Waals surface area contributed by atoms with Crippen LogP contribution in [0.5, 0.6) is 0 Å². The third-order valence-corrected chi connectivity index (χ3v) is 1.71. The van der Waals surface area contributed by atoms with Crippen LogP contribution in [-0.4, -0.2) is 12.3 Å². The Bertz CT molecular complexity index is 103. The number of hydrogen-bond acceptors (Lipinski definition) is 1. The summed E-state index contributed by atoms with van der Waals surface area (Å²) in [7, 11) is 0. The van der Waals surface area contributed by atoms with Crippen LogP contribution in [0.15, 0.2) is 4.99 Å². The van der Waals surface area contributed by atoms with Crippen molar-refractivity contribution >= 4 is 5.71 Å². The molecule has 0 heterocycles. The zero-order valence-electron chi connectivity index (χ0n) is 7.65. The molecule has 10 heavy (non-hydrogen) atoms. The van der Waals surface area contributed by atoms with Crippen molar-refractivity contribution in [2.45, 2.75) is 40.5 Å². The van der Waals surface area contributed by atoms with Crippen molar-refractivity contribution in [3.63, 3.8) is 0 Å². The fourth-order valence-electron chi connectivity index (χ4n) is 0.596. The Morgan fingerprint density at radius 2 is 2.00 bits per heavy atom. The van der Waals surface area contributed by atoms with E-state index in [1.54, 1.807) is 0 Å². The monoisotopic (exact) mass is 141 g/mol. The third-order valence-electron chi connectivity index (χ3n) is 1.71. The van der Waals surface area contributed by atoms with Crippen LogP contribution in [0, 0.1) is 5.92 Å². The van der Waals surface area contributed by atoms with Crippen molar-refractivity contribution in [1.82, 2.24) is 0 Å². The molecule has 0 fully saturated rings. The summed E-state index contributed by atoms with van der Waals surface area (Å²) < 4.78 is 0. The molecule has 0 aliphatic rings. The number of hydrogen-bond donors (Lipinski definition) is 0. The first kappa shape index (κ1) is 9.67. The Kier molecular flexibility index (Phi) is 5.27. The molecule has 0 radical (unpaired) electrons. The van der Waals surface area contributed by atoms with Crippen LogP contribution in [0.1, 0.15) is 40.5 Å². The van der Waals surface area contributed by atoms with Gasteiger partial charge in [-0.25, -0.2) is 0 Å². The van der Waals surface area contributed by atoms with Gasteiger partial charge in [0.05, 0.1) is 0 Å². The summed E-state index contributed by atoms with van der Waals surface area (Å²) in [6, 6.07) is 0. The summed E-state index contributed by atoms with van der Waals surface area (Å²) in [5, 5.41) is 0. The van der Waals surface area contributed by atoms with E-state index < -0.39 is 0 Å². The lowest BCUT2D eigenvalue weighted by molar-refractivity contribution is 0.789. The van der Waals surface area contributed by atoms with Crippen LogP contribution < -0.4 is 0 Å². The second-order valence-electron chi connectivity index (χ2n) is 3.03. The van der Waals surface area contributed by atoms with Crippen LogP contribution in [0.3, 0.4) is 0 Å². The highest BCUT2D eigenvalue weighted by atomic mass is 14.7. The quantitative estimate of drug-likeness (QED) is 0.421. The normalized spacial score (nSPS) is 12.7. The Morgan fingerprint density at radius 1 is 1.40 bits per heavy atom. The molecule has 0 rings (SSSR count). The second kappa shape index (κ2) is 5.45. The molecule has 0 aliphatic carbocycles. The van der Waals surface area contributed by atoms with Crippen LogP contribution in [0.4, 0.5) is 0 Å². The summed E-state index contributed by atoms with van der Waals surface area (Å²) in [6.45, 7) is 9.69. The van der Waals surface area contributed by atoms with Crippen molar-refractivity contribution in [2.24, 2.45) is 10.9 Å². The maximum Gasteiger partial charge on any atom is 0.0388 e. The standard InChI is InChI=1S/C9H19N/c1-5-6-7-10-9(4)8(2)3/h8H,5-7H2,1-4H3. The largest absolute Gasteiger partial charge is 0.294 e. The van der Waals surface area contributed by atoms with Crippen molar-refractivity contribution in [3.8, 4) is 0 Å². The minimum absolute atomic E-state index is 0.622. The van der Waals surface area contributed by atoms with E-state index in [2.05, 4.69) is 32.7 Å². The first-order chi connectivity index (χ1) is 4.68. The topological polar surface area (TPSA) is 12.4 Å². The average Bonchev–Trinajstić information content (AvgIpc) is 1.88. The number of aliphatic imine (C=N–C) groups is 1. The molecule has 1 heteroatoms. The summed E-state index contributed by atoms with van der Waals surface area (Å²) in [5.74, 6) is 0.622. The van der Waals surface area contributed by atoms with Crippen molar-refractivity contribution in [1.29, 1.82) is 0 Å². The molecule has 0 amide bonds. The highest BCUT2D eigenvalue weighted by molar-refractivity contribution is 5.83. The second-order valence-corrected chi connectivity index (χ2v) is 3.03. The fourth-order valence-corrected chi connectivity index (χ4v) is 0.596. The maximum atomic E-state index is 4.43. The Labute approximate surface area is 64.6 Å². The molecule has 0 spiro atoms. The van der Waals surface area contributed by atoms with Crippen molar-refractivity contribution < 1.29 is 0 Å². The number of nitrogens with zero attached hydrogens (tertiary/aromatic N) is 1. The van der Waals surface area contributed by atoms with E-state index in [9.17, 15) is 0 Å². The molecule has 0 aromatic heterocycles. The van der Waals surface area contributed by atoms with Gasteiger partial charge in [-0.3, -0.25) is 4.99 Å². The smallest absolute Gasteiger partial charge is 0.0388 e. The van der Waals surface area contributed by atoms with E-state index in [1.165, 1.54) is 18.6 Å². The zero-order valence-corrected chi connectivity index (χ0v) is 7.65. The van der Waals surface area contributed by atoms with Gasteiger partial charge >= 0.3 is 0 Å². The summed E-state index contributed by atoms with van der Waals surface area (Å²) in [6.07, 6.45) is 2.47. The van der Waals surface area contributed by atoms with Crippen LogP contribution >= 0.6 is 0 Å². The van der Waals surface area contributed by atoms with Gasteiger partial charge in [-0.05, 0) is 19.3 Å². The van der Waals surface area contributed by atoms with E-state index in [1.807, 2.05) is 0 Å². The minimum Gasteiger partial charge on any atom is -0.294 e. The predicted molar refractivity (Wildman–Crippen MR) is 47.7 cm³/mol. The van der Waals surface area contributed by atoms with Crippen molar-refractivity contribution in [3.05, 3.63) is 0 Å². The summed E-state index contributed by atoms with van der Waals surface area (Å²) >= 11 is 0. The van der Waals surface area contributed by atoms with Gasteiger partial charge in [0.1, 0.15) is 0 Å². The summed E-state index contributed by atoms with van der Waals surface area (Å²) in [5.41, 5.74) is 1.29. The van der Waals surface area contributed by atoms with E-state index in [0.29, 0.717) is 5.92 Å². The van der Waals surface area contributed by atoms with Crippen molar-refractivity contribution in [2.75, 3.05) is 6.54 Å². The molecule has 0 atom stereocenters. The van der Waals surface area contributed by atoms with Crippen LogP contribution in [0.2, 0.25) is 0 Å². The number of unbranched alkanes of at least 4 members (excludes halogenated alkanes) is 1. The van der Waals surface area contributed by atoms with Crippen LogP contribution in [0.25, 0.3) is 0 Å². The Morgan fingerprint density at radius 3 is 2.40 bits per heavy atom. The predicted octanol–water partition coefficient (Wildman–Crippen LogP) is 2.90. The van der Waals surface area contributed by atoms with Gasteiger partial charge in [0.2, 0.25) is 0 Å². The van der Waals surface area contributed by atoms with Gasteiger partial charge in [0.25, 0.3) is 0 Å². The lowest BCUT2D eigenvalue weighted by atomic mass is 10.1. The van der Waals surface area contributed by atoms with Gasteiger partial charge < -0.3 is 0 Å². The molecule has 60 valence electrons. The SMILES string of the molecule is CCCCN=C(C)C(C)C. The molecule has 0 bridgehead atoms. The van der Waals surface area contributed by atoms with E-state index >= 15 is 0 Å². The molecular weight excluding hydrogens is 122 g/mol. The molecule has 0 N–H and O–H groups in total. The minimum atomic E-state index is 0.622. The lowest BCUT2D eigenvalue weighted by Crippen LogP contribution is -2.02. The van der Waals surface area contributed by atoms with Crippen LogP contribution in [-0.2, 0) is 0 Å². The first-order valence-electron chi connectivity index (χ1n) is 4.19. The fraction of sp³-hybridized carbons (Fsp3) is 0.889. The average molecular weight is 141 g/mol. The number of rotatable bonds is 4. The molecule has 0 saturated carbocycles. The van der Waals surface area contributed by atoms with E-state index in [-0.39, 0.29) is 0 Å². The van der Waals surface area contributed by atoms with E-state index in [4.69, 9.17) is 0 Å². The van der Waals surface area contributed by atoms with Gasteiger partial charge in [0, 0.05) is 12.3 Å². The van der Waals surface area contributed by atoms with Gasteiger partial charge in [-0.2, -0.15) is 0 Å². The molecule has 0 unspecified atom stereocenters. The van der Waals surface area contributed by atoms with E-state index in [0.717, 1.165) is 6.54 Å². The lowest BCUT2D eigenvalue weighted by Gasteiger charge is -2.02. The molecule has 0 saturated heterocycles. The first-order valence-corrected chi connectivity index (χ1v) is 4.19.